The van der Waals surface area contributed by atoms with Crippen LogP contribution in [0.25, 0.3) is 0 Å². The van der Waals surface area contributed by atoms with Crippen LogP contribution in [0.4, 0.5) is 0 Å². The lowest BCUT2D eigenvalue weighted by atomic mass is 10.2. The summed E-state index contributed by atoms with van der Waals surface area (Å²) in [5.41, 5.74) is 0. The summed E-state index contributed by atoms with van der Waals surface area (Å²) in [5, 5.41) is 0. The van der Waals surface area contributed by atoms with Gasteiger partial charge in [0.2, 0.25) is 6.41 Å². The van der Waals surface area contributed by atoms with Crippen LogP contribution in [0.3, 0.4) is 0 Å². The molecule has 76 valence electrons. The third-order valence-corrected chi connectivity index (χ3v) is 2.34. The number of carbonyl (C=O) groups excluding carboxylic acids is 1. The van der Waals surface area contributed by atoms with Crippen molar-refractivity contribution in [3.8, 4) is 0 Å². The van der Waals surface area contributed by atoms with Crippen LogP contribution in [0.15, 0.2) is 0 Å². The Labute approximate surface area is 79.4 Å². The van der Waals surface area contributed by atoms with Crippen molar-refractivity contribution in [3.63, 3.8) is 0 Å². The van der Waals surface area contributed by atoms with Gasteiger partial charge in [0.15, 0.2) is 0 Å². The molecular formula is C9H18N2O2. The first-order valence-corrected chi connectivity index (χ1v) is 4.75. The maximum atomic E-state index is 10.4. The van der Waals surface area contributed by atoms with Crippen LogP contribution < -0.4 is 0 Å². The third kappa shape index (κ3) is 3.32. The van der Waals surface area contributed by atoms with E-state index in [0.717, 1.165) is 32.7 Å². The zero-order chi connectivity index (χ0) is 9.68. The molecule has 0 radical (unpaired) electrons. The molecule has 4 nitrogen and oxygen atoms in total. The average Bonchev–Trinajstić information content (AvgIpc) is 2.18. The van der Waals surface area contributed by atoms with Gasteiger partial charge in [-0.1, -0.05) is 6.92 Å². The molecular weight excluding hydrogens is 168 g/mol. The van der Waals surface area contributed by atoms with Crippen LogP contribution >= 0.6 is 0 Å². The number of carbonyl (C=O) groups is 1. The summed E-state index contributed by atoms with van der Waals surface area (Å²) in [5.74, 6) is 0. The van der Waals surface area contributed by atoms with Gasteiger partial charge in [-0.25, -0.2) is 0 Å². The van der Waals surface area contributed by atoms with Crippen LogP contribution in [-0.4, -0.2) is 62.1 Å². The molecule has 1 aliphatic heterocycles. The highest BCUT2D eigenvalue weighted by Crippen LogP contribution is 2.05. The van der Waals surface area contributed by atoms with Gasteiger partial charge in [0.05, 0.1) is 12.7 Å². The van der Waals surface area contributed by atoms with E-state index in [0.29, 0.717) is 6.54 Å². The zero-order valence-corrected chi connectivity index (χ0v) is 8.40. The van der Waals surface area contributed by atoms with Crippen LogP contribution in [0.2, 0.25) is 0 Å². The monoisotopic (exact) mass is 186 g/mol. The molecule has 0 aliphatic carbocycles. The van der Waals surface area contributed by atoms with Gasteiger partial charge in [-0.3, -0.25) is 9.69 Å². The van der Waals surface area contributed by atoms with Gasteiger partial charge in [0.1, 0.15) is 0 Å². The molecule has 1 amide bonds. The van der Waals surface area contributed by atoms with E-state index < -0.39 is 0 Å². The molecule has 1 unspecified atom stereocenters. The topological polar surface area (TPSA) is 32.8 Å². The fourth-order valence-electron chi connectivity index (χ4n) is 1.54. The first-order chi connectivity index (χ1) is 6.26. The van der Waals surface area contributed by atoms with Crippen LogP contribution in [0, 0.1) is 0 Å². The molecule has 1 saturated heterocycles. The lowest BCUT2D eigenvalue weighted by molar-refractivity contribution is -0.120. The fourth-order valence-corrected chi connectivity index (χ4v) is 1.54. The number of amides is 1. The minimum atomic E-state index is 0.184. The van der Waals surface area contributed by atoms with E-state index in [1.54, 1.807) is 11.9 Å². The van der Waals surface area contributed by atoms with Gasteiger partial charge in [-0.15, -0.1) is 0 Å². The van der Waals surface area contributed by atoms with Crippen molar-refractivity contribution in [3.05, 3.63) is 0 Å². The minimum absolute atomic E-state index is 0.184. The summed E-state index contributed by atoms with van der Waals surface area (Å²) in [7, 11) is 1.78. The second kappa shape index (κ2) is 5.19. The van der Waals surface area contributed by atoms with Gasteiger partial charge in [-0.05, 0) is 6.54 Å². The smallest absolute Gasteiger partial charge is 0.209 e. The van der Waals surface area contributed by atoms with Crippen molar-refractivity contribution < 1.29 is 9.53 Å². The molecule has 1 heterocycles. The number of likely N-dealkylation sites (N-methyl/N-ethyl adjacent to an activating group) is 2. The first kappa shape index (κ1) is 10.5. The van der Waals surface area contributed by atoms with E-state index in [1.165, 1.54) is 0 Å². The van der Waals surface area contributed by atoms with Gasteiger partial charge in [0, 0.05) is 26.7 Å². The van der Waals surface area contributed by atoms with Crippen LogP contribution in [0.1, 0.15) is 6.92 Å². The highest BCUT2D eigenvalue weighted by atomic mass is 16.5. The lowest BCUT2D eigenvalue weighted by Gasteiger charge is -2.33. The van der Waals surface area contributed by atoms with Crippen LogP contribution in [0.5, 0.6) is 0 Å². The van der Waals surface area contributed by atoms with Crippen molar-refractivity contribution in [2.45, 2.75) is 13.0 Å². The maximum absolute atomic E-state index is 10.4. The molecule has 0 spiro atoms. The van der Waals surface area contributed by atoms with E-state index in [-0.39, 0.29) is 6.10 Å². The Balaban J connectivity index is 2.29. The summed E-state index contributed by atoms with van der Waals surface area (Å²) in [4.78, 5) is 14.4. The predicted octanol–water partition coefficient (Wildman–Crippen LogP) is -0.205. The Hall–Kier alpha value is -0.610. The first-order valence-electron chi connectivity index (χ1n) is 4.75. The molecule has 0 aromatic heterocycles. The van der Waals surface area contributed by atoms with Crippen molar-refractivity contribution in [1.82, 2.24) is 9.80 Å². The Bertz CT molecular complexity index is 164. The lowest BCUT2D eigenvalue weighted by Crippen LogP contribution is -2.46. The number of nitrogens with zero attached hydrogens (tertiary/aromatic N) is 2. The predicted molar refractivity (Wildman–Crippen MR) is 50.5 cm³/mol. The Morgan fingerprint density at radius 3 is 3.08 bits per heavy atom. The normalized spacial score (nSPS) is 24.3. The number of rotatable bonds is 4. The molecule has 4 heteroatoms. The quantitative estimate of drug-likeness (QED) is 0.570. The Kier molecular flexibility index (Phi) is 4.18. The third-order valence-electron chi connectivity index (χ3n) is 2.34. The summed E-state index contributed by atoms with van der Waals surface area (Å²) in [6.07, 6.45) is 1.03. The Morgan fingerprint density at radius 1 is 1.69 bits per heavy atom. The number of ether oxygens (including phenoxy) is 1. The fraction of sp³-hybridized carbons (Fsp3) is 0.889. The Morgan fingerprint density at radius 2 is 2.46 bits per heavy atom. The molecule has 1 fully saturated rings. The molecule has 0 aromatic carbocycles. The molecule has 0 bridgehead atoms. The molecule has 1 rings (SSSR count). The molecule has 13 heavy (non-hydrogen) atoms. The van der Waals surface area contributed by atoms with Crippen molar-refractivity contribution in [2.24, 2.45) is 0 Å². The molecule has 0 N–H and O–H groups in total. The van der Waals surface area contributed by atoms with Gasteiger partial charge < -0.3 is 9.64 Å². The van der Waals surface area contributed by atoms with E-state index in [2.05, 4.69) is 11.8 Å². The number of hydrogen-bond donors (Lipinski definition) is 0. The molecule has 0 saturated carbocycles. The van der Waals surface area contributed by atoms with E-state index in [4.69, 9.17) is 4.74 Å². The van der Waals surface area contributed by atoms with E-state index in [9.17, 15) is 4.79 Å². The highest BCUT2D eigenvalue weighted by molar-refractivity contribution is 5.46. The van der Waals surface area contributed by atoms with Gasteiger partial charge in [0.25, 0.3) is 0 Å². The zero-order valence-electron chi connectivity index (χ0n) is 8.40. The average molecular weight is 186 g/mol. The van der Waals surface area contributed by atoms with Gasteiger partial charge >= 0.3 is 0 Å². The molecule has 0 aromatic rings. The van der Waals surface area contributed by atoms with Crippen molar-refractivity contribution in [2.75, 3.05) is 39.8 Å². The maximum Gasteiger partial charge on any atom is 0.209 e. The second-order valence-electron chi connectivity index (χ2n) is 3.43. The summed E-state index contributed by atoms with van der Waals surface area (Å²) in [6.45, 7) is 6.63. The largest absolute Gasteiger partial charge is 0.374 e. The van der Waals surface area contributed by atoms with Crippen molar-refractivity contribution in [1.29, 1.82) is 0 Å². The molecule has 1 atom stereocenters. The number of morpholine rings is 1. The second-order valence-corrected chi connectivity index (χ2v) is 3.43. The standard InChI is InChI=1S/C9H18N2O2/c1-3-11-4-5-13-9(7-11)6-10(2)8-12/h8-9H,3-7H2,1-2H3. The highest BCUT2D eigenvalue weighted by Gasteiger charge is 2.19. The van der Waals surface area contributed by atoms with E-state index >= 15 is 0 Å². The summed E-state index contributed by atoms with van der Waals surface area (Å²) >= 11 is 0. The minimum Gasteiger partial charge on any atom is -0.374 e. The van der Waals surface area contributed by atoms with Gasteiger partial charge in [-0.2, -0.15) is 0 Å². The summed E-state index contributed by atoms with van der Waals surface area (Å²) in [6, 6.07) is 0. The van der Waals surface area contributed by atoms with Crippen LogP contribution in [-0.2, 0) is 9.53 Å². The number of hydrogen-bond acceptors (Lipinski definition) is 3. The van der Waals surface area contributed by atoms with Crippen molar-refractivity contribution >= 4 is 6.41 Å². The SMILES string of the molecule is CCN1CCOC(CN(C)C=O)C1. The van der Waals surface area contributed by atoms with E-state index in [1.807, 2.05) is 0 Å². The summed E-state index contributed by atoms with van der Waals surface area (Å²) < 4.78 is 5.54. The molecule has 1 aliphatic rings.